The van der Waals surface area contributed by atoms with E-state index in [1.54, 1.807) is 0 Å². The topological polar surface area (TPSA) is 65.7 Å². The lowest BCUT2D eigenvalue weighted by atomic mass is 9.97. The molecule has 0 amide bonds. The molecule has 42 heavy (non-hydrogen) atoms. The number of allylic oxidation sites excluding steroid dienone is 1. The highest BCUT2D eigenvalue weighted by Gasteiger charge is 2.29. The third kappa shape index (κ3) is 5.63. The van der Waals surface area contributed by atoms with Crippen LogP contribution < -0.4 is 0 Å². The van der Waals surface area contributed by atoms with Crippen LogP contribution in [0.3, 0.4) is 0 Å². The number of carbonyl (C=O) groups excluding carboxylic acids is 1. The molecular formula is C36H39N3O3. The molecule has 0 N–H and O–H groups in total. The number of nitrogens with zero attached hydrogens (tertiary/aromatic N) is 3. The van der Waals surface area contributed by atoms with Gasteiger partial charge in [0.2, 0.25) is 5.90 Å². The van der Waals surface area contributed by atoms with E-state index in [-0.39, 0.29) is 12.1 Å². The number of benzene rings is 3. The van der Waals surface area contributed by atoms with E-state index in [0.29, 0.717) is 18.0 Å². The van der Waals surface area contributed by atoms with E-state index in [0.717, 1.165) is 82.5 Å². The highest BCUT2D eigenvalue weighted by molar-refractivity contribution is 6.00. The Balaban J connectivity index is 1.42. The van der Waals surface area contributed by atoms with Crippen LogP contribution in [0.4, 0.5) is 0 Å². The molecule has 1 aliphatic carbocycles. The summed E-state index contributed by atoms with van der Waals surface area (Å²) in [7, 11) is 0. The van der Waals surface area contributed by atoms with Gasteiger partial charge < -0.3 is 14.0 Å². The molecule has 216 valence electrons. The van der Waals surface area contributed by atoms with Gasteiger partial charge in [-0.25, -0.2) is 14.8 Å². The summed E-state index contributed by atoms with van der Waals surface area (Å²) in [6, 6.07) is 20.4. The monoisotopic (exact) mass is 561 g/mol. The van der Waals surface area contributed by atoms with E-state index in [1.165, 1.54) is 0 Å². The largest absolute Gasteiger partial charge is 0.467 e. The molecule has 4 aromatic rings. The lowest BCUT2D eigenvalue weighted by Gasteiger charge is -2.21. The quantitative estimate of drug-likeness (QED) is 0.213. The van der Waals surface area contributed by atoms with Crippen LogP contribution in [0.2, 0.25) is 0 Å². The van der Waals surface area contributed by atoms with E-state index >= 15 is 0 Å². The molecule has 0 fully saturated rings. The number of carbonyl (C=O) groups is 1. The first kappa shape index (κ1) is 28.0. The molecule has 0 spiro atoms. The molecule has 6 heteroatoms. The van der Waals surface area contributed by atoms with Crippen molar-refractivity contribution in [3.63, 3.8) is 0 Å². The van der Waals surface area contributed by atoms with Crippen molar-refractivity contribution in [3.8, 4) is 11.1 Å². The van der Waals surface area contributed by atoms with Gasteiger partial charge >= 0.3 is 5.97 Å². The van der Waals surface area contributed by atoms with Gasteiger partial charge in [0.05, 0.1) is 22.3 Å². The maximum Gasteiger partial charge on any atom is 0.339 e. The minimum Gasteiger partial charge on any atom is -0.467 e. The van der Waals surface area contributed by atoms with Gasteiger partial charge in [0.1, 0.15) is 17.5 Å². The van der Waals surface area contributed by atoms with Gasteiger partial charge in [-0.2, -0.15) is 0 Å². The fourth-order valence-corrected chi connectivity index (χ4v) is 5.88. The summed E-state index contributed by atoms with van der Waals surface area (Å²) in [6.07, 6.45) is 7.32. The maximum absolute atomic E-state index is 13.5. The molecule has 1 aliphatic heterocycles. The summed E-state index contributed by atoms with van der Waals surface area (Å²) < 4.78 is 14.4. The van der Waals surface area contributed by atoms with E-state index < -0.39 is 5.60 Å². The molecule has 6 nitrogen and oxygen atoms in total. The number of fused-ring (bicyclic) bond motifs is 2. The Morgan fingerprint density at radius 2 is 1.88 bits per heavy atom. The van der Waals surface area contributed by atoms with Crippen LogP contribution in [-0.4, -0.2) is 33.1 Å². The third-order valence-electron chi connectivity index (χ3n) is 7.81. The zero-order valence-electron chi connectivity index (χ0n) is 25.2. The second-order valence-corrected chi connectivity index (χ2v) is 12.4. The van der Waals surface area contributed by atoms with Gasteiger partial charge in [-0.3, -0.25) is 0 Å². The molecule has 0 bridgehead atoms. The molecule has 0 saturated carbocycles. The molecular weight excluding hydrogens is 522 g/mol. The number of aliphatic imine (C=N–C) groups is 1. The van der Waals surface area contributed by atoms with Gasteiger partial charge in [0, 0.05) is 18.5 Å². The van der Waals surface area contributed by atoms with E-state index in [2.05, 4.69) is 42.7 Å². The molecule has 0 saturated heterocycles. The Morgan fingerprint density at radius 1 is 1.07 bits per heavy atom. The number of esters is 1. The molecule has 0 radical (unpaired) electrons. The summed E-state index contributed by atoms with van der Waals surface area (Å²) in [5.41, 5.74) is 8.01. The molecule has 1 aromatic heterocycles. The number of aryl methyl sites for hydroxylation is 2. The highest BCUT2D eigenvalue weighted by Crippen LogP contribution is 2.32. The smallest absolute Gasteiger partial charge is 0.339 e. The Kier molecular flexibility index (Phi) is 7.48. The summed E-state index contributed by atoms with van der Waals surface area (Å²) in [5.74, 6) is 1.41. The second kappa shape index (κ2) is 11.2. The third-order valence-corrected chi connectivity index (χ3v) is 7.81. The average Bonchev–Trinajstić information content (AvgIpc) is 3.55. The second-order valence-electron chi connectivity index (χ2n) is 12.4. The van der Waals surface area contributed by atoms with Crippen LogP contribution in [0.25, 0.3) is 22.2 Å². The van der Waals surface area contributed by atoms with Crippen molar-refractivity contribution in [1.29, 1.82) is 0 Å². The predicted molar refractivity (Wildman–Crippen MR) is 168 cm³/mol. The van der Waals surface area contributed by atoms with E-state index in [9.17, 15) is 4.79 Å². The van der Waals surface area contributed by atoms with Crippen molar-refractivity contribution in [2.24, 2.45) is 4.99 Å². The lowest BCUT2D eigenvalue weighted by molar-refractivity contribution is 0.00703. The van der Waals surface area contributed by atoms with Crippen molar-refractivity contribution in [2.75, 3.05) is 0 Å². The SMILES string of the molecule is CCCc1nc2c(C)cc(C3=NC4=CCCCC4O3)cc2n1Cc1ccc(-c2ccccc2)c(C(=O)OC(C)(C)C)c1. The number of hydrogen-bond acceptors (Lipinski definition) is 5. The Bertz CT molecular complexity index is 1710. The van der Waals surface area contributed by atoms with Crippen LogP contribution in [0, 0.1) is 6.92 Å². The van der Waals surface area contributed by atoms with Crippen molar-refractivity contribution in [1.82, 2.24) is 9.55 Å². The van der Waals surface area contributed by atoms with Gasteiger partial charge in [-0.15, -0.1) is 0 Å². The number of ether oxygens (including phenoxy) is 2. The zero-order chi connectivity index (χ0) is 29.4. The number of hydrogen-bond donors (Lipinski definition) is 0. The Hall–Kier alpha value is -4.19. The maximum atomic E-state index is 13.5. The van der Waals surface area contributed by atoms with Crippen LogP contribution in [-0.2, 0) is 22.4 Å². The minimum absolute atomic E-state index is 0.0692. The predicted octanol–water partition coefficient (Wildman–Crippen LogP) is 8.18. The number of rotatable bonds is 7. The van der Waals surface area contributed by atoms with Gasteiger partial charge in [-0.1, -0.05) is 55.5 Å². The molecule has 3 aromatic carbocycles. The first-order valence-corrected chi connectivity index (χ1v) is 15.1. The minimum atomic E-state index is -0.595. The standard InChI is InChI=1S/C36H39N3O3/c1-6-12-32-38-33-23(2)19-26(34-37-29-15-10-11-16-31(29)41-34)21-30(33)39(32)22-24-17-18-27(25-13-8-7-9-14-25)28(20-24)35(40)42-36(3,4)5/h7-9,13-15,17-21,31H,6,10-12,16,22H2,1-5H3. The summed E-state index contributed by atoms with van der Waals surface area (Å²) >= 11 is 0. The van der Waals surface area contributed by atoms with E-state index in [4.69, 9.17) is 19.5 Å². The zero-order valence-corrected chi connectivity index (χ0v) is 25.2. The lowest BCUT2D eigenvalue weighted by Crippen LogP contribution is -2.24. The first-order valence-electron chi connectivity index (χ1n) is 15.1. The average molecular weight is 562 g/mol. The first-order chi connectivity index (χ1) is 20.2. The summed E-state index contributed by atoms with van der Waals surface area (Å²) in [6.45, 7) is 10.6. The Labute approximate surface area is 248 Å². The van der Waals surface area contributed by atoms with Crippen molar-refractivity contribution < 1.29 is 14.3 Å². The normalized spacial score (nSPS) is 16.5. The van der Waals surface area contributed by atoms with Crippen LogP contribution in [0.15, 0.2) is 77.4 Å². The van der Waals surface area contributed by atoms with Gasteiger partial charge in [0.15, 0.2) is 0 Å². The molecule has 6 rings (SSSR count). The van der Waals surface area contributed by atoms with Gasteiger partial charge in [-0.05, 0) is 93.8 Å². The fourth-order valence-electron chi connectivity index (χ4n) is 5.88. The van der Waals surface area contributed by atoms with Crippen molar-refractivity contribution in [3.05, 3.63) is 101 Å². The van der Waals surface area contributed by atoms with Crippen molar-refractivity contribution >= 4 is 22.9 Å². The molecule has 2 heterocycles. The summed E-state index contributed by atoms with van der Waals surface area (Å²) in [4.78, 5) is 23.4. The molecule has 1 atom stereocenters. The van der Waals surface area contributed by atoms with E-state index in [1.807, 2.05) is 63.2 Å². The van der Waals surface area contributed by atoms with Crippen molar-refractivity contribution in [2.45, 2.75) is 85.0 Å². The van der Waals surface area contributed by atoms with Crippen LogP contribution >= 0.6 is 0 Å². The summed E-state index contributed by atoms with van der Waals surface area (Å²) in [5, 5.41) is 0. The number of imidazole rings is 1. The van der Waals surface area contributed by atoms with Crippen LogP contribution in [0.5, 0.6) is 0 Å². The Morgan fingerprint density at radius 3 is 2.62 bits per heavy atom. The molecule has 1 unspecified atom stereocenters. The fraction of sp³-hybridized carbons (Fsp3) is 0.361. The van der Waals surface area contributed by atoms with Crippen LogP contribution in [0.1, 0.15) is 86.3 Å². The molecule has 2 aliphatic rings. The van der Waals surface area contributed by atoms with Gasteiger partial charge in [0.25, 0.3) is 0 Å². The number of aromatic nitrogens is 2. The highest BCUT2D eigenvalue weighted by atomic mass is 16.6.